The summed E-state index contributed by atoms with van der Waals surface area (Å²) in [6.07, 6.45) is -0.384. The maximum Gasteiger partial charge on any atom is 0.253 e. The van der Waals surface area contributed by atoms with E-state index in [2.05, 4.69) is 53.4 Å². The molecular formula is C23H31Cl2N3O2. The molecular weight excluding hydrogens is 421 g/mol. The summed E-state index contributed by atoms with van der Waals surface area (Å²) in [5.41, 5.74) is 8.57. The fraction of sp³-hybridized carbons (Fsp3) is 0.435. The lowest BCUT2D eigenvalue weighted by molar-refractivity contribution is -0.148. The minimum Gasteiger partial charge on any atom is -0.366 e. The van der Waals surface area contributed by atoms with Gasteiger partial charge in [-0.1, -0.05) is 60.7 Å². The summed E-state index contributed by atoms with van der Waals surface area (Å²) in [6, 6.07) is 20.8. The second-order valence-corrected chi connectivity index (χ2v) is 7.84. The molecule has 2 fully saturated rings. The molecule has 2 aromatic rings. The molecule has 2 aliphatic heterocycles. The number of carbonyl (C=O) groups excluding carboxylic acids is 1. The second kappa shape index (κ2) is 11.7. The minimum atomic E-state index is -0.384. The van der Waals surface area contributed by atoms with Crippen molar-refractivity contribution in [2.24, 2.45) is 11.7 Å². The number of morpholine rings is 1. The molecule has 0 aliphatic carbocycles. The molecule has 7 heteroatoms. The predicted molar refractivity (Wildman–Crippen MR) is 124 cm³/mol. The third-order valence-corrected chi connectivity index (χ3v) is 5.96. The molecule has 30 heavy (non-hydrogen) atoms. The van der Waals surface area contributed by atoms with Gasteiger partial charge in [0.05, 0.1) is 6.61 Å². The zero-order chi connectivity index (χ0) is 19.3. The van der Waals surface area contributed by atoms with Crippen LogP contribution in [0.5, 0.6) is 0 Å². The van der Waals surface area contributed by atoms with E-state index in [0.29, 0.717) is 38.1 Å². The number of amides is 1. The van der Waals surface area contributed by atoms with Crippen LogP contribution in [0.2, 0.25) is 0 Å². The molecule has 2 aromatic carbocycles. The Bertz CT molecular complexity index is 779. The highest BCUT2D eigenvalue weighted by Gasteiger charge is 2.39. The summed E-state index contributed by atoms with van der Waals surface area (Å²) < 4.78 is 5.87. The molecule has 3 atom stereocenters. The number of carbonyl (C=O) groups is 1. The summed E-state index contributed by atoms with van der Waals surface area (Å²) >= 11 is 0. The van der Waals surface area contributed by atoms with E-state index in [1.807, 2.05) is 17.0 Å². The topological polar surface area (TPSA) is 58.8 Å². The van der Waals surface area contributed by atoms with E-state index in [0.717, 1.165) is 19.6 Å². The largest absolute Gasteiger partial charge is 0.366 e. The molecule has 2 saturated heterocycles. The van der Waals surface area contributed by atoms with Crippen molar-refractivity contribution in [2.45, 2.75) is 18.6 Å². The number of ether oxygens (including phenoxy) is 1. The van der Waals surface area contributed by atoms with Gasteiger partial charge in [-0.3, -0.25) is 9.69 Å². The number of hydrogen-bond acceptors (Lipinski definition) is 4. The van der Waals surface area contributed by atoms with Crippen LogP contribution in [-0.4, -0.2) is 61.1 Å². The van der Waals surface area contributed by atoms with E-state index in [9.17, 15) is 4.79 Å². The number of likely N-dealkylation sites (tertiary alicyclic amines) is 1. The summed E-state index contributed by atoms with van der Waals surface area (Å²) in [4.78, 5) is 17.4. The van der Waals surface area contributed by atoms with Crippen LogP contribution in [0.4, 0.5) is 0 Å². The van der Waals surface area contributed by atoms with Crippen LogP contribution in [-0.2, 0) is 16.1 Å². The first-order chi connectivity index (χ1) is 13.7. The van der Waals surface area contributed by atoms with Crippen molar-refractivity contribution in [3.63, 3.8) is 0 Å². The van der Waals surface area contributed by atoms with Crippen LogP contribution in [0.1, 0.15) is 17.0 Å². The Balaban J connectivity index is 0.00000160. The molecule has 1 unspecified atom stereocenters. The average molecular weight is 452 g/mol. The van der Waals surface area contributed by atoms with Gasteiger partial charge in [-0.15, -0.1) is 24.8 Å². The lowest BCUT2D eigenvalue weighted by atomic mass is 9.89. The van der Waals surface area contributed by atoms with Gasteiger partial charge in [-0.25, -0.2) is 0 Å². The van der Waals surface area contributed by atoms with Crippen LogP contribution in [0.3, 0.4) is 0 Å². The van der Waals surface area contributed by atoms with Crippen molar-refractivity contribution < 1.29 is 9.53 Å². The number of hydrogen-bond donors (Lipinski definition) is 1. The van der Waals surface area contributed by atoms with Gasteiger partial charge in [-0.2, -0.15) is 0 Å². The monoisotopic (exact) mass is 451 g/mol. The summed E-state index contributed by atoms with van der Waals surface area (Å²) in [6.45, 7) is 4.99. The lowest BCUT2D eigenvalue weighted by Gasteiger charge is -2.34. The Morgan fingerprint density at radius 2 is 1.63 bits per heavy atom. The van der Waals surface area contributed by atoms with Crippen LogP contribution in [0.15, 0.2) is 60.7 Å². The third-order valence-electron chi connectivity index (χ3n) is 5.96. The van der Waals surface area contributed by atoms with Crippen molar-refractivity contribution in [3.8, 4) is 0 Å². The fourth-order valence-corrected chi connectivity index (χ4v) is 4.41. The van der Waals surface area contributed by atoms with Crippen LogP contribution >= 0.6 is 24.8 Å². The number of halogens is 2. The lowest BCUT2D eigenvalue weighted by Crippen LogP contribution is -2.50. The molecule has 5 nitrogen and oxygen atoms in total. The number of nitrogens with zero attached hydrogens (tertiary/aromatic N) is 2. The van der Waals surface area contributed by atoms with E-state index in [1.165, 1.54) is 11.1 Å². The van der Waals surface area contributed by atoms with E-state index in [4.69, 9.17) is 10.5 Å². The molecule has 4 rings (SSSR count). The van der Waals surface area contributed by atoms with Gasteiger partial charge < -0.3 is 15.4 Å². The van der Waals surface area contributed by atoms with Crippen LogP contribution in [0, 0.1) is 5.92 Å². The molecule has 1 amide bonds. The van der Waals surface area contributed by atoms with Crippen molar-refractivity contribution in [3.05, 3.63) is 71.8 Å². The van der Waals surface area contributed by atoms with E-state index in [-0.39, 0.29) is 36.8 Å². The fourth-order valence-electron chi connectivity index (χ4n) is 4.41. The molecule has 0 bridgehead atoms. The van der Waals surface area contributed by atoms with Crippen molar-refractivity contribution >= 4 is 30.7 Å². The molecule has 2 aliphatic rings. The zero-order valence-corrected chi connectivity index (χ0v) is 18.7. The van der Waals surface area contributed by atoms with Gasteiger partial charge in [0.15, 0.2) is 0 Å². The normalized spacial score (nSPS) is 24.0. The van der Waals surface area contributed by atoms with Gasteiger partial charge in [0.25, 0.3) is 5.91 Å². The first-order valence-electron chi connectivity index (χ1n) is 10.2. The summed E-state index contributed by atoms with van der Waals surface area (Å²) in [5, 5.41) is 0. The number of nitrogens with two attached hydrogens (primary N) is 1. The molecule has 2 heterocycles. The Morgan fingerprint density at radius 1 is 0.967 bits per heavy atom. The van der Waals surface area contributed by atoms with Gasteiger partial charge in [0.1, 0.15) is 6.10 Å². The van der Waals surface area contributed by atoms with Crippen LogP contribution < -0.4 is 5.73 Å². The van der Waals surface area contributed by atoms with E-state index in [1.54, 1.807) is 0 Å². The number of rotatable bonds is 5. The number of benzene rings is 2. The van der Waals surface area contributed by atoms with Crippen LogP contribution in [0.25, 0.3) is 0 Å². The van der Waals surface area contributed by atoms with Gasteiger partial charge in [0, 0.05) is 38.6 Å². The molecule has 0 saturated carbocycles. The van der Waals surface area contributed by atoms with Crippen molar-refractivity contribution in [1.29, 1.82) is 0 Å². The van der Waals surface area contributed by atoms with E-state index < -0.39 is 0 Å². The van der Waals surface area contributed by atoms with E-state index >= 15 is 0 Å². The standard InChI is InChI=1S/C23H29N3O2.2ClH/c24-13-20-15-26(16-21(20)19-9-5-2-6-10-19)23(27)22-17-25(11-12-28-22)14-18-7-3-1-4-8-18;;/h1-10,20-22H,11-17,24H2;2*1H/t20-,21+,22?;;/m1../s1. The quantitative estimate of drug-likeness (QED) is 0.758. The molecule has 164 valence electrons. The highest BCUT2D eigenvalue weighted by molar-refractivity contribution is 5.85. The third kappa shape index (κ3) is 5.74. The Kier molecular flexibility index (Phi) is 9.59. The Hall–Kier alpha value is -1.63. The Morgan fingerprint density at radius 3 is 2.30 bits per heavy atom. The van der Waals surface area contributed by atoms with Gasteiger partial charge in [-0.05, 0) is 23.6 Å². The average Bonchev–Trinajstić information content (AvgIpc) is 3.19. The van der Waals surface area contributed by atoms with Gasteiger partial charge >= 0.3 is 0 Å². The molecule has 0 aromatic heterocycles. The maximum atomic E-state index is 13.2. The van der Waals surface area contributed by atoms with Gasteiger partial charge in [0.2, 0.25) is 0 Å². The molecule has 0 radical (unpaired) electrons. The van der Waals surface area contributed by atoms with Crippen molar-refractivity contribution in [2.75, 3.05) is 39.3 Å². The summed E-state index contributed by atoms with van der Waals surface area (Å²) in [5.74, 6) is 0.712. The maximum absolute atomic E-state index is 13.2. The predicted octanol–water partition coefficient (Wildman–Crippen LogP) is 2.93. The first-order valence-corrected chi connectivity index (χ1v) is 10.2. The highest BCUT2D eigenvalue weighted by Crippen LogP contribution is 2.32. The minimum absolute atomic E-state index is 0. The summed E-state index contributed by atoms with van der Waals surface area (Å²) in [7, 11) is 0. The SMILES string of the molecule is Cl.Cl.NC[C@@H]1CN(C(=O)C2CN(Cc3ccccc3)CCO2)C[C@H]1c1ccccc1. The zero-order valence-electron chi connectivity index (χ0n) is 17.1. The smallest absolute Gasteiger partial charge is 0.253 e. The second-order valence-electron chi connectivity index (χ2n) is 7.84. The molecule has 2 N–H and O–H groups in total. The first kappa shape index (κ1) is 24.6. The van der Waals surface area contributed by atoms with Crippen molar-refractivity contribution in [1.82, 2.24) is 9.80 Å². The Labute approximate surface area is 191 Å². The highest BCUT2D eigenvalue weighted by atomic mass is 35.5. The molecule has 0 spiro atoms.